The van der Waals surface area contributed by atoms with Crippen molar-refractivity contribution in [2.75, 3.05) is 0 Å². The van der Waals surface area contributed by atoms with Crippen molar-refractivity contribution in [3.8, 4) is 5.75 Å². The predicted molar refractivity (Wildman–Crippen MR) is 128 cm³/mol. The van der Waals surface area contributed by atoms with E-state index in [-0.39, 0.29) is 41.4 Å². The number of thioether (sulfide) groups is 1. The van der Waals surface area contributed by atoms with Crippen molar-refractivity contribution in [2.24, 2.45) is 16.6 Å². The zero-order chi connectivity index (χ0) is 26.5. The van der Waals surface area contributed by atoms with Crippen LogP contribution in [0.2, 0.25) is 0 Å². The number of amidine groups is 1. The molecule has 3 atom stereocenters. The Morgan fingerprint density at radius 3 is 2.76 bits per heavy atom. The van der Waals surface area contributed by atoms with E-state index in [0.717, 1.165) is 17.8 Å². The molecule has 7 nitrogen and oxygen atoms in total. The number of pyridine rings is 1. The van der Waals surface area contributed by atoms with Crippen molar-refractivity contribution in [1.29, 1.82) is 0 Å². The van der Waals surface area contributed by atoms with Crippen LogP contribution in [0.25, 0.3) is 0 Å². The summed E-state index contributed by atoms with van der Waals surface area (Å²) in [6, 6.07) is 3.84. The quantitative estimate of drug-likeness (QED) is 0.322. The number of hydrogen-bond donors (Lipinski definition) is 1. The molecule has 12 heteroatoms. The maximum atomic E-state index is 15.0. The van der Waals surface area contributed by atoms with Crippen LogP contribution in [0.1, 0.15) is 46.4 Å². The molecule has 5 rings (SSSR count). The first-order valence-corrected chi connectivity index (χ1v) is 12.2. The van der Waals surface area contributed by atoms with E-state index in [2.05, 4.69) is 15.0 Å². The molecule has 2 aromatic heterocycles. The number of rotatable bonds is 8. The van der Waals surface area contributed by atoms with Crippen LogP contribution in [0.15, 0.2) is 46.3 Å². The number of Topliss-reactive ketones (excluding diaryl/α,β-unsaturated/α-hetero) is 1. The normalized spacial score (nSPS) is 24.5. The summed E-state index contributed by atoms with van der Waals surface area (Å²) in [5.74, 6) is -2.79. The molecule has 1 aliphatic heterocycles. The zero-order valence-electron chi connectivity index (χ0n) is 19.8. The van der Waals surface area contributed by atoms with E-state index < -0.39 is 40.0 Å². The number of carbonyl (C=O) groups is 1. The summed E-state index contributed by atoms with van der Waals surface area (Å²) in [6.45, 7) is 3.22. The average molecular weight is 535 g/mol. The van der Waals surface area contributed by atoms with E-state index in [9.17, 15) is 22.4 Å². The first-order valence-electron chi connectivity index (χ1n) is 11.4. The lowest BCUT2D eigenvalue weighted by molar-refractivity contribution is 0.0987. The van der Waals surface area contributed by atoms with Crippen molar-refractivity contribution < 1.29 is 31.5 Å². The monoisotopic (exact) mass is 534 g/mol. The minimum Gasteiger partial charge on any atom is -0.482 e. The maximum Gasteiger partial charge on any atom is 0.253 e. The Hall–Kier alpha value is -3.41. The smallest absolute Gasteiger partial charge is 0.253 e. The maximum absolute atomic E-state index is 15.0. The fourth-order valence-electron chi connectivity index (χ4n) is 4.88. The number of carbonyl (C=O) groups excluding carboxylic acids is 1. The molecule has 194 valence electrons. The Morgan fingerprint density at radius 2 is 2.08 bits per heavy atom. The molecule has 3 heterocycles. The van der Waals surface area contributed by atoms with Crippen LogP contribution < -0.4 is 10.5 Å². The molecule has 1 aliphatic carbocycles. The van der Waals surface area contributed by atoms with Crippen LogP contribution in [0.4, 0.5) is 17.6 Å². The van der Waals surface area contributed by atoms with Gasteiger partial charge in [0.1, 0.15) is 17.7 Å². The summed E-state index contributed by atoms with van der Waals surface area (Å²) in [6.07, 6.45) is 1.35. The Bertz CT molecular complexity index is 1400. The molecule has 0 unspecified atom stereocenters. The fraction of sp³-hybridized carbons (Fsp3) is 0.360. The molecular weight excluding hydrogens is 512 g/mol. The minimum absolute atomic E-state index is 0.0633. The number of aryl methyl sites for hydroxylation is 1. The molecule has 0 bridgehead atoms. The molecule has 0 radical (unpaired) electrons. The van der Waals surface area contributed by atoms with E-state index in [1.54, 1.807) is 13.0 Å². The van der Waals surface area contributed by atoms with Gasteiger partial charge in [-0.15, -0.1) is 0 Å². The number of benzene rings is 1. The number of nitrogens with zero attached hydrogens (tertiary/aromatic N) is 3. The summed E-state index contributed by atoms with van der Waals surface area (Å²) in [7, 11) is 0. The Kier molecular flexibility index (Phi) is 6.25. The molecule has 0 spiro atoms. The summed E-state index contributed by atoms with van der Waals surface area (Å²) in [5, 5.41) is -0.109. The predicted octanol–water partition coefficient (Wildman–Crippen LogP) is 4.96. The topological polar surface area (TPSA) is 104 Å². The molecule has 2 aliphatic rings. The molecule has 3 aromatic rings. The van der Waals surface area contributed by atoms with Crippen LogP contribution in [0.5, 0.6) is 5.75 Å². The molecule has 2 N–H and O–H groups in total. The van der Waals surface area contributed by atoms with Gasteiger partial charge in [0.2, 0.25) is 5.89 Å². The van der Waals surface area contributed by atoms with Crippen LogP contribution >= 0.6 is 11.8 Å². The number of alkyl halides is 2. The number of aliphatic imine (C=N–C) groups is 1. The second-order valence-corrected chi connectivity index (χ2v) is 10.7. The van der Waals surface area contributed by atoms with Crippen LogP contribution in [0.3, 0.4) is 0 Å². The van der Waals surface area contributed by atoms with E-state index in [1.165, 1.54) is 31.6 Å². The minimum atomic E-state index is -2.70. The Morgan fingerprint density at radius 1 is 1.30 bits per heavy atom. The molecular formula is C25H22F4N4O3S. The summed E-state index contributed by atoms with van der Waals surface area (Å²) < 4.78 is 66.5. The van der Waals surface area contributed by atoms with Gasteiger partial charge in [0, 0.05) is 17.9 Å². The third kappa shape index (κ3) is 4.47. The lowest BCUT2D eigenvalue weighted by Crippen LogP contribution is -2.39. The van der Waals surface area contributed by atoms with E-state index in [1.807, 2.05) is 0 Å². The number of ketones is 1. The number of fused-ring (bicyclic) bond motifs is 1. The first kappa shape index (κ1) is 25.2. The van der Waals surface area contributed by atoms with Gasteiger partial charge >= 0.3 is 0 Å². The van der Waals surface area contributed by atoms with Gasteiger partial charge in [0.25, 0.3) is 6.43 Å². The zero-order valence-corrected chi connectivity index (χ0v) is 20.6. The van der Waals surface area contributed by atoms with Crippen molar-refractivity contribution in [3.05, 3.63) is 76.8 Å². The van der Waals surface area contributed by atoms with E-state index in [4.69, 9.17) is 14.9 Å². The van der Waals surface area contributed by atoms with Gasteiger partial charge in [0.05, 0.1) is 22.7 Å². The molecule has 1 aromatic carbocycles. The third-order valence-electron chi connectivity index (χ3n) is 6.80. The first-order chi connectivity index (χ1) is 17.5. The number of ether oxygens (including phenoxy) is 1. The van der Waals surface area contributed by atoms with Gasteiger partial charge in [-0.05, 0) is 49.6 Å². The van der Waals surface area contributed by atoms with Gasteiger partial charge in [-0.2, -0.15) is 0 Å². The summed E-state index contributed by atoms with van der Waals surface area (Å²) in [5.41, 5.74) is 4.96. The van der Waals surface area contributed by atoms with Gasteiger partial charge in [0.15, 0.2) is 29.2 Å². The molecule has 0 amide bonds. The highest BCUT2D eigenvalue weighted by atomic mass is 32.2. The largest absolute Gasteiger partial charge is 0.482 e. The molecule has 1 saturated carbocycles. The molecule has 0 saturated heterocycles. The van der Waals surface area contributed by atoms with Crippen LogP contribution in [-0.4, -0.2) is 32.1 Å². The van der Waals surface area contributed by atoms with E-state index >= 15 is 0 Å². The number of aromatic nitrogens is 2. The van der Waals surface area contributed by atoms with Crippen LogP contribution in [-0.2, 0) is 18.6 Å². The number of nitrogens with two attached hydrogens (primary N) is 1. The van der Waals surface area contributed by atoms with Gasteiger partial charge in [-0.25, -0.2) is 27.5 Å². The standard InChI is InChI=1S/C25H22F4N4O3S/c1-12-5-14(36-11-19-31-3-4-35-19)10-32-21(12)17(34)8-13-6-15(20(27)16(26)7-13)24(2)18-9-25(18,22(28)29)37-23(30)33-24/h3-7,10,18,22H,8-9,11H2,1-2H3,(H2,30,33)/t18-,24+,25-/m0/s1. The third-order valence-corrected chi connectivity index (χ3v) is 8.11. The summed E-state index contributed by atoms with van der Waals surface area (Å²) >= 11 is 0.776. The number of oxazole rings is 1. The highest BCUT2D eigenvalue weighted by Crippen LogP contribution is 2.68. The second-order valence-electron chi connectivity index (χ2n) is 9.30. The number of halogens is 4. The van der Waals surface area contributed by atoms with Gasteiger partial charge < -0.3 is 14.9 Å². The van der Waals surface area contributed by atoms with Gasteiger partial charge in [-0.1, -0.05) is 11.8 Å². The highest BCUT2D eigenvalue weighted by molar-refractivity contribution is 8.15. The van der Waals surface area contributed by atoms with Crippen molar-refractivity contribution in [1.82, 2.24) is 9.97 Å². The number of hydrogen-bond acceptors (Lipinski definition) is 8. The Labute approximate surface area is 213 Å². The highest BCUT2D eigenvalue weighted by Gasteiger charge is 2.71. The fourth-order valence-corrected chi connectivity index (χ4v) is 6.21. The lowest BCUT2D eigenvalue weighted by atomic mass is 9.84. The summed E-state index contributed by atoms with van der Waals surface area (Å²) in [4.78, 5) is 25.4. The van der Waals surface area contributed by atoms with Crippen molar-refractivity contribution in [3.63, 3.8) is 0 Å². The Balaban J connectivity index is 1.39. The molecule has 1 fully saturated rings. The lowest BCUT2D eigenvalue weighted by Gasteiger charge is -2.34. The van der Waals surface area contributed by atoms with Crippen molar-refractivity contribution >= 4 is 22.7 Å². The average Bonchev–Trinajstić information content (AvgIpc) is 3.37. The van der Waals surface area contributed by atoms with E-state index in [0.29, 0.717) is 17.2 Å². The van der Waals surface area contributed by atoms with Crippen LogP contribution in [0, 0.1) is 24.5 Å². The van der Waals surface area contributed by atoms with Crippen molar-refractivity contribution in [2.45, 2.75) is 50.0 Å². The second kappa shape index (κ2) is 9.16. The van der Waals surface area contributed by atoms with Gasteiger partial charge in [-0.3, -0.25) is 9.79 Å². The SMILES string of the molecule is Cc1cc(OCc2ncco2)cnc1C(=O)Cc1cc(F)c(F)c([C@@]2(C)N=C(N)S[C@@]3(C(F)F)C[C@@H]23)c1. The molecule has 37 heavy (non-hydrogen) atoms.